The van der Waals surface area contributed by atoms with Gasteiger partial charge in [0.25, 0.3) is 0 Å². The minimum absolute atomic E-state index is 0.558. The van der Waals surface area contributed by atoms with Crippen molar-refractivity contribution in [3.8, 4) is 67.5 Å². The van der Waals surface area contributed by atoms with E-state index >= 15 is 0 Å². The Morgan fingerprint density at radius 2 is 0.714 bits per heavy atom. The summed E-state index contributed by atoms with van der Waals surface area (Å²) in [5.74, 6) is 1.77. The minimum Gasteiger partial charge on any atom is -0.455 e. The number of benzene rings is 7. The molecule has 0 unspecified atom stereocenters. The molecule has 49 heavy (non-hydrogen) atoms. The Bertz CT molecular complexity index is 2560. The smallest absolute Gasteiger partial charge is 0.167 e. The molecule has 0 aliphatic rings. The van der Waals surface area contributed by atoms with Crippen LogP contribution in [0.3, 0.4) is 0 Å². The number of hydrogen-bond acceptors (Lipinski definition) is 4. The van der Waals surface area contributed by atoms with Gasteiger partial charge in [-0.3, -0.25) is 0 Å². The van der Waals surface area contributed by atoms with E-state index in [1.807, 2.05) is 60.7 Å². The summed E-state index contributed by atoms with van der Waals surface area (Å²) in [6.45, 7) is 0. The first-order chi connectivity index (χ1) is 24.3. The molecule has 0 N–H and O–H groups in total. The van der Waals surface area contributed by atoms with Crippen molar-refractivity contribution in [1.82, 2.24) is 15.0 Å². The van der Waals surface area contributed by atoms with Crippen LogP contribution in [0.15, 0.2) is 180 Å². The van der Waals surface area contributed by atoms with Gasteiger partial charge in [-0.1, -0.05) is 158 Å². The number of hydrogen-bond donors (Lipinski definition) is 0. The van der Waals surface area contributed by atoms with Crippen molar-refractivity contribution in [3.05, 3.63) is 176 Å². The Morgan fingerprint density at radius 3 is 1.29 bits per heavy atom. The first kappa shape index (κ1) is 28.6. The van der Waals surface area contributed by atoms with E-state index in [2.05, 4.69) is 115 Å². The second kappa shape index (κ2) is 12.2. The number of furan rings is 1. The van der Waals surface area contributed by atoms with Crippen LogP contribution in [0.5, 0.6) is 0 Å². The van der Waals surface area contributed by atoms with Gasteiger partial charge < -0.3 is 4.42 Å². The lowest BCUT2D eigenvalue weighted by atomic mass is 9.97. The third-order valence-corrected chi connectivity index (χ3v) is 8.96. The summed E-state index contributed by atoms with van der Waals surface area (Å²) in [6.07, 6.45) is 0. The molecule has 0 amide bonds. The highest BCUT2D eigenvalue weighted by Gasteiger charge is 2.20. The second-order valence-electron chi connectivity index (χ2n) is 12.1. The Labute approximate surface area is 284 Å². The molecule has 0 fully saturated rings. The maximum atomic E-state index is 6.56. The van der Waals surface area contributed by atoms with Gasteiger partial charge in [0, 0.05) is 21.9 Å². The Morgan fingerprint density at radius 1 is 0.306 bits per heavy atom. The van der Waals surface area contributed by atoms with Crippen LogP contribution in [-0.2, 0) is 0 Å². The number of fused-ring (bicyclic) bond motifs is 3. The molecule has 9 rings (SSSR count). The average molecular weight is 628 g/mol. The van der Waals surface area contributed by atoms with Crippen LogP contribution >= 0.6 is 0 Å². The average Bonchev–Trinajstić information content (AvgIpc) is 3.57. The monoisotopic (exact) mass is 627 g/mol. The van der Waals surface area contributed by atoms with Gasteiger partial charge in [0.15, 0.2) is 17.5 Å². The van der Waals surface area contributed by atoms with Gasteiger partial charge in [-0.15, -0.1) is 0 Å². The standard InChI is InChI=1S/C45H29N3O/c1-4-12-30(13-5-1)32-20-22-34(23-21-32)37-28-39-38-18-10-11-19-41(38)49-42(39)40(29-37)45-47-43(35-16-8-3-9-17-35)46-44(48-45)36-26-24-33(25-27-36)31-14-6-2-7-15-31/h1-29H. The zero-order valence-electron chi connectivity index (χ0n) is 26.5. The summed E-state index contributed by atoms with van der Waals surface area (Å²) < 4.78 is 6.56. The van der Waals surface area contributed by atoms with E-state index in [0.717, 1.165) is 60.9 Å². The van der Waals surface area contributed by atoms with Crippen LogP contribution < -0.4 is 0 Å². The summed E-state index contributed by atoms with van der Waals surface area (Å²) >= 11 is 0. The molecule has 0 saturated carbocycles. The van der Waals surface area contributed by atoms with E-state index in [4.69, 9.17) is 19.4 Å². The van der Waals surface area contributed by atoms with Gasteiger partial charge in [-0.05, 0) is 51.6 Å². The largest absolute Gasteiger partial charge is 0.455 e. The molecule has 0 spiro atoms. The lowest BCUT2D eigenvalue weighted by Crippen LogP contribution is -2.00. The predicted octanol–water partition coefficient (Wildman–Crippen LogP) is 11.8. The molecule has 4 heteroatoms. The zero-order valence-corrected chi connectivity index (χ0v) is 26.5. The summed E-state index contributed by atoms with van der Waals surface area (Å²) in [7, 11) is 0. The molecule has 9 aromatic rings. The van der Waals surface area contributed by atoms with Crippen molar-refractivity contribution in [2.24, 2.45) is 0 Å². The molecule has 0 atom stereocenters. The van der Waals surface area contributed by atoms with Crippen molar-refractivity contribution in [1.29, 1.82) is 0 Å². The first-order valence-corrected chi connectivity index (χ1v) is 16.4. The topological polar surface area (TPSA) is 51.8 Å². The van der Waals surface area contributed by atoms with Crippen molar-refractivity contribution in [2.45, 2.75) is 0 Å². The molecular weight excluding hydrogens is 599 g/mol. The van der Waals surface area contributed by atoms with Gasteiger partial charge in [0.1, 0.15) is 11.2 Å². The van der Waals surface area contributed by atoms with Gasteiger partial charge in [-0.2, -0.15) is 0 Å². The number of nitrogens with zero attached hydrogens (tertiary/aromatic N) is 3. The Balaban J connectivity index is 1.23. The second-order valence-corrected chi connectivity index (χ2v) is 12.1. The Kier molecular flexibility index (Phi) is 7.10. The third-order valence-electron chi connectivity index (χ3n) is 8.96. The van der Waals surface area contributed by atoms with Crippen molar-refractivity contribution in [3.63, 3.8) is 0 Å². The molecule has 0 aliphatic heterocycles. The van der Waals surface area contributed by atoms with Crippen molar-refractivity contribution < 1.29 is 4.42 Å². The fourth-order valence-corrected chi connectivity index (χ4v) is 6.43. The third kappa shape index (κ3) is 5.45. The first-order valence-electron chi connectivity index (χ1n) is 16.4. The highest BCUT2D eigenvalue weighted by atomic mass is 16.3. The van der Waals surface area contributed by atoms with E-state index in [1.165, 1.54) is 11.1 Å². The number of rotatable bonds is 6. The quantitative estimate of drug-likeness (QED) is 0.184. The van der Waals surface area contributed by atoms with Crippen molar-refractivity contribution >= 4 is 21.9 Å². The van der Waals surface area contributed by atoms with Gasteiger partial charge in [0.05, 0.1) is 5.56 Å². The van der Waals surface area contributed by atoms with Crippen LogP contribution in [0.2, 0.25) is 0 Å². The summed E-state index contributed by atoms with van der Waals surface area (Å²) in [5, 5.41) is 2.07. The Hall–Kier alpha value is -6.65. The molecule has 4 nitrogen and oxygen atoms in total. The van der Waals surface area contributed by atoms with E-state index in [0.29, 0.717) is 17.5 Å². The summed E-state index contributed by atoms with van der Waals surface area (Å²) in [6, 6.07) is 60.5. The normalized spacial score (nSPS) is 11.3. The predicted molar refractivity (Wildman–Crippen MR) is 200 cm³/mol. The molecule has 230 valence electrons. The molecular formula is C45H29N3O. The van der Waals surface area contributed by atoms with Crippen LogP contribution in [0.25, 0.3) is 89.5 Å². The van der Waals surface area contributed by atoms with E-state index in [9.17, 15) is 0 Å². The van der Waals surface area contributed by atoms with E-state index < -0.39 is 0 Å². The maximum Gasteiger partial charge on any atom is 0.167 e. The highest BCUT2D eigenvalue weighted by Crippen LogP contribution is 2.40. The van der Waals surface area contributed by atoms with Gasteiger partial charge in [0.2, 0.25) is 0 Å². The molecule has 0 radical (unpaired) electrons. The lowest BCUT2D eigenvalue weighted by molar-refractivity contribution is 0.669. The van der Waals surface area contributed by atoms with Crippen LogP contribution in [0.1, 0.15) is 0 Å². The SMILES string of the molecule is c1ccc(-c2ccc(-c3cc(-c4nc(-c5ccccc5)nc(-c5ccc(-c6ccccc6)cc5)n4)c4oc5ccccc5c4c3)cc2)cc1. The number of aromatic nitrogens is 3. The van der Waals surface area contributed by atoms with Gasteiger partial charge >= 0.3 is 0 Å². The van der Waals surface area contributed by atoms with Gasteiger partial charge in [-0.25, -0.2) is 15.0 Å². The molecule has 2 aromatic heterocycles. The number of para-hydroxylation sites is 1. The maximum absolute atomic E-state index is 6.56. The molecule has 7 aromatic carbocycles. The summed E-state index contributed by atoms with van der Waals surface area (Å²) in [5.41, 5.74) is 11.0. The minimum atomic E-state index is 0.558. The van der Waals surface area contributed by atoms with Crippen molar-refractivity contribution in [2.75, 3.05) is 0 Å². The molecule has 0 saturated heterocycles. The van der Waals surface area contributed by atoms with Crippen LogP contribution in [0.4, 0.5) is 0 Å². The molecule has 0 bridgehead atoms. The zero-order chi connectivity index (χ0) is 32.6. The van der Waals surface area contributed by atoms with E-state index in [1.54, 1.807) is 0 Å². The lowest BCUT2D eigenvalue weighted by Gasteiger charge is -2.11. The van der Waals surface area contributed by atoms with E-state index in [-0.39, 0.29) is 0 Å². The highest BCUT2D eigenvalue weighted by molar-refractivity contribution is 6.11. The fourth-order valence-electron chi connectivity index (χ4n) is 6.43. The molecule has 2 heterocycles. The summed E-state index contributed by atoms with van der Waals surface area (Å²) in [4.78, 5) is 15.2. The fraction of sp³-hybridized carbons (Fsp3) is 0. The van der Waals surface area contributed by atoms with Crippen LogP contribution in [-0.4, -0.2) is 15.0 Å². The molecule has 0 aliphatic carbocycles. The van der Waals surface area contributed by atoms with Crippen LogP contribution in [0, 0.1) is 0 Å².